The van der Waals surface area contributed by atoms with Crippen molar-refractivity contribution in [2.24, 2.45) is 5.73 Å². The highest BCUT2D eigenvalue weighted by molar-refractivity contribution is 5.84. The van der Waals surface area contributed by atoms with Crippen LogP contribution in [-0.4, -0.2) is 35.2 Å². The minimum absolute atomic E-state index is 0.0437. The number of hydrogen-bond acceptors (Lipinski definition) is 5. The van der Waals surface area contributed by atoms with Gasteiger partial charge < -0.3 is 15.2 Å². The molecule has 0 fully saturated rings. The molecule has 116 valence electrons. The van der Waals surface area contributed by atoms with E-state index < -0.39 is 24.1 Å². The van der Waals surface area contributed by atoms with E-state index in [1.165, 1.54) is 0 Å². The van der Waals surface area contributed by atoms with Crippen molar-refractivity contribution < 1.29 is 24.2 Å². The molecule has 0 aromatic rings. The highest BCUT2D eigenvalue weighted by Gasteiger charge is 2.20. The number of carboxylic acids is 1. The number of hydrogen-bond donors (Lipinski definition) is 3. The van der Waals surface area contributed by atoms with E-state index in [9.17, 15) is 14.4 Å². The minimum atomic E-state index is -1.40. The van der Waals surface area contributed by atoms with Gasteiger partial charge in [-0.1, -0.05) is 26.2 Å². The first kappa shape index (κ1) is 18.4. The lowest BCUT2D eigenvalue weighted by atomic mass is 10.1. The smallest absolute Gasteiger partial charge is 0.308 e. The van der Waals surface area contributed by atoms with E-state index in [1.54, 1.807) is 0 Å². The van der Waals surface area contributed by atoms with Gasteiger partial charge >= 0.3 is 11.9 Å². The van der Waals surface area contributed by atoms with E-state index >= 15 is 0 Å². The van der Waals surface area contributed by atoms with Crippen molar-refractivity contribution in [2.75, 3.05) is 0 Å². The first-order chi connectivity index (χ1) is 9.36. The molecule has 0 aliphatic heterocycles. The molecule has 0 aliphatic carbocycles. The Morgan fingerprint density at radius 1 is 1.25 bits per heavy atom. The second kappa shape index (κ2) is 10.2. The summed E-state index contributed by atoms with van der Waals surface area (Å²) in [6.45, 7) is 3.95. The predicted octanol–water partition coefficient (Wildman–Crippen LogP) is 0.764. The number of carboxylic acid groups (broad SMARTS) is 1. The molecule has 0 aliphatic rings. The van der Waals surface area contributed by atoms with Gasteiger partial charge in [0.1, 0.15) is 0 Å². The second-order valence-corrected chi connectivity index (χ2v) is 4.71. The predicted molar refractivity (Wildman–Crippen MR) is 72.7 cm³/mol. The Kier molecular flexibility index (Phi) is 9.36. The van der Waals surface area contributed by atoms with Gasteiger partial charge in [-0.05, 0) is 13.3 Å². The van der Waals surface area contributed by atoms with Gasteiger partial charge in [0.2, 0.25) is 6.23 Å². The molecule has 7 nitrogen and oxygen atoms in total. The SMILES string of the molecule is CCCCCC(C)NC(=O)C(N)OC(=O)CCC(=O)O. The number of amides is 1. The zero-order valence-corrected chi connectivity index (χ0v) is 12.1. The third kappa shape index (κ3) is 9.32. The summed E-state index contributed by atoms with van der Waals surface area (Å²) in [4.78, 5) is 33.1. The lowest BCUT2D eigenvalue weighted by Gasteiger charge is -2.17. The molecule has 4 N–H and O–H groups in total. The first-order valence-corrected chi connectivity index (χ1v) is 6.84. The Morgan fingerprint density at radius 2 is 1.90 bits per heavy atom. The molecule has 0 saturated carbocycles. The van der Waals surface area contributed by atoms with Gasteiger partial charge in [-0.25, -0.2) is 0 Å². The van der Waals surface area contributed by atoms with E-state index in [4.69, 9.17) is 10.8 Å². The van der Waals surface area contributed by atoms with E-state index in [1.807, 2.05) is 6.92 Å². The number of rotatable bonds is 10. The van der Waals surface area contributed by atoms with Crippen LogP contribution in [0.1, 0.15) is 52.4 Å². The Hall–Kier alpha value is -1.63. The zero-order valence-electron chi connectivity index (χ0n) is 12.1. The average Bonchev–Trinajstić information content (AvgIpc) is 2.36. The fourth-order valence-corrected chi connectivity index (χ4v) is 1.56. The van der Waals surface area contributed by atoms with Crippen LogP contribution >= 0.6 is 0 Å². The number of carbonyl (C=O) groups is 3. The van der Waals surface area contributed by atoms with E-state index in [2.05, 4.69) is 17.0 Å². The normalized spacial score (nSPS) is 13.3. The zero-order chi connectivity index (χ0) is 15.5. The Labute approximate surface area is 118 Å². The van der Waals surface area contributed by atoms with Crippen LogP contribution in [-0.2, 0) is 19.1 Å². The van der Waals surface area contributed by atoms with Gasteiger partial charge in [0.25, 0.3) is 5.91 Å². The van der Waals surface area contributed by atoms with Crippen LogP contribution < -0.4 is 11.1 Å². The van der Waals surface area contributed by atoms with Crippen LogP contribution in [0, 0.1) is 0 Å². The van der Waals surface area contributed by atoms with Crippen molar-refractivity contribution in [1.82, 2.24) is 5.32 Å². The molecule has 1 amide bonds. The van der Waals surface area contributed by atoms with E-state index in [0.717, 1.165) is 25.7 Å². The second-order valence-electron chi connectivity index (χ2n) is 4.71. The van der Waals surface area contributed by atoms with Crippen molar-refractivity contribution in [2.45, 2.75) is 64.6 Å². The van der Waals surface area contributed by atoms with Gasteiger partial charge in [0, 0.05) is 6.04 Å². The summed E-state index contributed by atoms with van der Waals surface area (Å²) in [6.07, 6.45) is 1.98. The number of unbranched alkanes of at least 4 members (excludes halogenated alkanes) is 2. The number of nitrogens with one attached hydrogen (secondary N) is 1. The molecule has 0 saturated heterocycles. The first-order valence-electron chi connectivity index (χ1n) is 6.84. The van der Waals surface area contributed by atoms with Gasteiger partial charge in [0.05, 0.1) is 12.8 Å². The molecule has 0 aromatic heterocycles. The Bertz CT molecular complexity index is 333. The maximum Gasteiger partial charge on any atom is 0.308 e. The largest absolute Gasteiger partial charge is 0.481 e. The Morgan fingerprint density at radius 3 is 2.45 bits per heavy atom. The molecular weight excluding hydrogens is 264 g/mol. The van der Waals surface area contributed by atoms with Gasteiger partial charge in [-0.2, -0.15) is 0 Å². The fourth-order valence-electron chi connectivity index (χ4n) is 1.56. The monoisotopic (exact) mass is 288 g/mol. The summed E-state index contributed by atoms with van der Waals surface area (Å²) in [5.74, 6) is -2.48. The summed E-state index contributed by atoms with van der Waals surface area (Å²) in [5, 5.41) is 11.1. The van der Waals surface area contributed by atoms with Crippen LogP contribution in [0.2, 0.25) is 0 Å². The summed E-state index contributed by atoms with van der Waals surface area (Å²) in [5.41, 5.74) is 5.43. The van der Waals surface area contributed by atoms with Crippen LogP contribution in [0.15, 0.2) is 0 Å². The quantitative estimate of drug-likeness (QED) is 0.310. The number of aliphatic carboxylic acids is 1. The topological polar surface area (TPSA) is 119 Å². The van der Waals surface area contributed by atoms with Crippen LogP contribution in [0.4, 0.5) is 0 Å². The number of carbonyl (C=O) groups excluding carboxylic acids is 2. The molecular formula is C13H24N2O5. The Balaban J connectivity index is 3.95. The molecule has 0 aromatic carbocycles. The van der Waals surface area contributed by atoms with Crippen LogP contribution in [0.3, 0.4) is 0 Å². The van der Waals surface area contributed by atoms with Crippen LogP contribution in [0.25, 0.3) is 0 Å². The van der Waals surface area contributed by atoms with Gasteiger partial charge in [-0.15, -0.1) is 0 Å². The third-order valence-electron chi connectivity index (χ3n) is 2.69. The minimum Gasteiger partial charge on any atom is -0.481 e. The van der Waals surface area contributed by atoms with Crippen LogP contribution in [0.5, 0.6) is 0 Å². The summed E-state index contributed by atoms with van der Waals surface area (Å²) in [7, 11) is 0. The molecule has 20 heavy (non-hydrogen) atoms. The van der Waals surface area contributed by atoms with Crippen molar-refractivity contribution in [3.63, 3.8) is 0 Å². The highest BCUT2D eigenvalue weighted by Crippen LogP contribution is 2.03. The standard InChI is InChI=1S/C13H24N2O5/c1-3-4-5-6-9(2)15-13(19)12(14)20-11(18)8-7-10(16)17/h9,12H,3-8,14H2,1-2H3,(H,15,19)(H,16,17). The molecule has 0 spiro atoms. The fraction of sp³-hybridized carbons (Fsp3) is 0.769. The molecule has 7 heteroatoms. The van der Waals surface area contributed by atoms with E-state index in [-0.39, 0.29) is 18.9 Å². The summed E-state index contributed by atoms with van der Waals surface area (Å²) in [6, 6.07) is -0.0437. The summed E-state index contributed by atoms with van der Waals surface area (Å²) < 4.78 is 4.65. The molecule has 2 atom stereocenters. The van der Waals surface area contributed by atoms with Gasteiger partial charge in [-0.3, -0.25) is 20.1 Å². The molecule has 0 radical (unpaired) electrons. The van der Waals surface area contributed by atoms with Crippen molar-refractivity contribution in [3.8, 4) is 0 Å². The van der Waals surface area contributed by atoms with Gasteiger partial charge in [0.15, 0.2) is 0 Å². The number of ether oxygens (including phenoxy) is 1. The maximum absolute atomic E-state index is 11.6. The molecule has 2 unspecified atom stereocenters. The molecule has 0 bridgehead atoms. The van der Waals surface area contributed by atoms with Crippen molar-refractivity contribution in [3.05, 3.63) is 0 Å². The third-order valence-corrected chi connectivity index (χ3v) is 2.69. The number of esters is 1. The lowest BCUT2D eigenvalue weighted by Crippen LogP contribution is -2.46. The molecule has 0 heterocycles. The lowest BCUT2D eigenvalue weighted by molar-refractivity contribution is -0.157. The van der Waals surface area contributed by atoms with Crippen molar-refractivity contribution in [1.29, 1.82) is 0 Å². The maximum atomic E-state index is 11.6. The highest BCUT2D eigenvalue weighted by atomic mass is 16.6. The summed E-state index contributed by atoms with van der Waals surface area (Å²) >= 11 is 0. The average molecular weight is 288 g/mol. The van der Waals surface area contributed by atoms with Crippen molar-refractivity contribution >= 4 is 17.8 Å². The molecule has 0 rings (SSSR count). The number of nitrogens with two attached hydrogens (primary N) is 1. The van der Waals surface area contributed by atoms with E-state index in [0.29, 0.717) is 0 Å².